The lowest BCUT2D eigenvalue weighted by Gasteiger charge is -2.18. The second-order valence-electron chi connectivity index (χ2n) is 4.84. The molecule has 0 saturated carbocycles. The molecule has 0 amide bonds. The molecule has 1 unspecified atom stereocenters. The molecule has 2 aromatic carbocycles. The maximum atomic E-state index is 6.35. The van der Waals surface area contributed by atoms with Gasteiger partial charge in [-0.3, -0.25) is 0 Å². The highest BCUT2D eigenvalue weighted by molar-refractivity contribution is 9.10. The zero-order valence-electron chi connectivity index (χ0n) is 11.1. The first-order chi connectivity index (χ1) is 8.90. The first-order valence-corrected chi connectivity index (χ1v) is 8.15. The summed E-state index contributed by atoms with van der Waals surface area (Å²) in [6.07, 6.45) is 0. The fourth-order valence-corrected chi connectivity index (χ4v) is 4.49. The molecule has 0 aliphatic rings. The van der Waals surface area contributed by atoms with Crippen LogP contribution in [0.15, 0.2) is 34.8 Å². The summed E-state index contributed by atoms with van der Waals surface area (Å²) in [5.41, 5.74) is 6.27. The van der Waals surface area contributed by atoms with Gasteiger partial charge in [0.1, 0.15) is 0 Å². The summed E-state index contributed by atoms with van der Waals surface area (Å²) in [7, 11) is 0. The van der Waals surface area contributed by atoms with Gasteiger partial charge in [0.2, 0.25) is 0 Å². The molecule has 0 N–H and O–H groups in total. The second kappa shape index (κ2) is 5.99. The summed E-state index contributed by atoms with van der Waals surface area (Å²) >= 11 is 13.6. The van der Waals surface area contributed by atoms with E-state index in [4.69, 9.17) is 11.6 Å². The van der Waals surface area contributed by atoms with Crippen LogP contribution < -0.4 is 0 Å². The third kappa shape index (κ3) is 3.24. The molecule has 0 aliphatic carbocycles. The van der Waals surface area contributed by atoms with Crippen LogP contribution in [0.1, 0.15) is 32.6 Å². The Morgan fingerprint density at radius 2 is 1.58 bits per heavy atom. The van der Waals surface area contributed by atoms with E-state index in [2.05, 4.69) is 70.8 Å². The Balaban J connectivity index is 2.53. The standard InChI is InChI=1S/C16H15Br2Cl/c1-9-6-10(2)15(11(3)7-9)16(18)13-5-4-12(17)8-14(13)19/h4-8,16H,1-3H3. The molecule has 2 rings (SSSR count). The molecule has 0 fully saturated rings. The molecule has 0 radical (unpaired) electrons. The summed E-state index contributed by atoms with van der Waals surface area (Å²) in [6.45, 7) is 6.42. The van der Waals surface area contributed by atoms with Gasteiger partial charge in [-0.1, -0.05) is 67.2 Å². The van der Waals surface area contributed by atoms with Crippen molar-refractivity contribution < 1.29 is 0 Å². The van der Waals surface area contributed by atoms with Gasteiger partial charge in [0, 0.05) is 9.50 Å². The highest BCUT2D eigenvalue weighted by atomic mass is 79.9. The van der Waals surface area contributed by atoms with Gasteiger partial charge in [-0.25, -0.2) is 0 Å². The van der Waals surface area contributed by atoms with Crippen LogP contribution in [0.2, 0.25) is 5.02 Å². The molecule has 0 spiro atoms. The zero-order valence-corrected chi connectivity index (χ0v) is 15.0. The van der Waals surface area contributed by atoms with E-state index < -0.39 is 0 Å². The summed E-state index contributed by atoms with van der Waals surface area (Å²) in [4.78, 5) is 0.119. The molecule has 0 nitrogen and oxygen atoms in total. The van der Waals surface area contributed by atoms with Crippen LogP contribution in [0.4, 0.5) is 0 Å². The molecule has 0 bridgehead atoms. The second-order valence-corrected chi connectivity index (χ2v) is 7.08. The lowest BCUT2D eigenvalue weighted by atomic mass is 9.94. The monoisotopic (exact) mass is 400 g/mol. The summed E-state index contributed by atoms with van der Waals surface area (Å²) in [6, 6.07) is 10.4. The topological polar surface area (TPSA) is 0 Å². The van der Waals surface area contributed by atoms with Crippen molar-refractivity contribution in [2.75, 3.05) is 0 Å². The average molecular weight is 403 g/mol. The van der Waals surface area contributed by atoms with Gasteiger partial charge in [0.15, 0.2) is 0 Å². The molecule has 100 valence electrons. The molecule has 0 saturated heterocycles. The van der Waals surface area contributed by atoms with Crippen molar-refractivity contribution in [2.24, 2.45) is 0 Å². The van der Waals surface area contributed by atoms with Crippen molar-refractivity contribution in [3.63, 3.8) is 0 Å². The Bertz CT molecular complexity index is 597. The molecule has 2 aromatic rings. The zero-order chi connectivity index (χ0) is 14.2. The van der Waals surface area contributed by atoms with Crippen molar-refractivity contribution in [3.8, 4) is 0 Å². The van der Waals surface area contributed by atoms with E-state index in [1.165, 1.54) is 22.3 Å². The first-order valence-electron chi connectivity index (χ1n) is 6.07. The Hall–Kier alpha value is -0.310. The number of rotatable bonds is 2. The maximum absolute atomic E-state index is 6.35. The van der Waals surface area contributed by atoms with E-state index in [1.54, 1.807) is 0 Å². The highest BCUT2D eigenvalue weighted by Gasteiger charge is 2.18. The van der Waals surface area contributed by atoms with Gasteiger partial charge in [-0.15, -0.1) is 0 Å². The third-order valence-corrected chi connectivity index (χ3v) is 5.00. The summed E-state index contributed by atoms with van der Waals surface area (Å²) < 4.78 is 0.998. The van der Waals surface area contributed by atoms with Crippen LogP contribution in [0.25, 0.3) is 0 Å². The molecule has 3 heteroatoms. The summed E-state index contributed by atoms with van der Waals surface area (Å²) in [5, 5.41) is 0.774. The van der Waals surface area contributed by atoms with Crippen LogP contribution >= 0.6 is 43.5 Å². The van der Waals surface area contributed by atoms with Crippen molar-refractivity contribution >= 4 is 43.5 Å². The van der Waals surface area contributed by atoms with Gasteiger partial charge in [0.05, 0.1) is 4.83 Å². The molecular formula is C16H15Br2Cl. The van der Waals surface area contributed by atoms with Crippen molar-refractivity contribution in [2.45, 2.75) is 25.6 Å². The Morgan fingerprint density at radius 1 is 1.00 bits per heavy atom. The molecule has 19 heavy (non-hydrogen) atoms. The Morgan fingerprint density at radius 3 is 2.11 bits per heavy atom. The van der Waals surface area contributed by atoms with Gasteiger partial charge in [-0.05, 0) is 55.2 Å². The van der Waals surface area contributed by atoms with Gasteiger partial charge in [-0.2, -0.15) is 0 Å². The molecular weight excluding hydrogens is 387 g/mol. The average Bonchev–Trinajstić information content (AvgIpc) is 2.26. The Labute approximate surface area is 136 Å². The number of benzene rings is 2. The van der Waals surface area contributed by atoms with Gasteiger partial charge < -0.3 is 0 Å². The van der Waals surface area contributed by atoms with Crippen LogP contribution in [-0.4, -0.2) is 0 Å². The van der Waals surface area contributed by atoms with Gasteiger partial charge in [0.25, 0.3) is 0 Å². The van der Waals surface area contributed by atoms with Gasteiger partial charge >= 0.3 is 0 Å². The van der Waals surface area contributed by atoms with Crippen molar-refractivity contribution in [1.82, 2.24) is 0 Å². The van der Waals surface area contributed by atoms with E-state index in [-0.39, 0.29) is 4.83 Å². The first kappa shape index (κ1) is 15.1. The fourth-order valence-electron chi connectivity index (χ4n) is 2.45. The highest BCUT2D eigenvalue weighted by Crippen LogP contribution is 2.39. The van der Waals surface area contributed by atoms with Crippen LogP contribution in [-0.2, 0) is 0 Å². The summed E-state index contributed by atoms with van der Waals surface area (Å²) in [5.74, 6) is 0. The minimum absolute atomic E-state index is 0.119. The van der Waals surface area contributed by atoms with Crippen molar-refractivity contribution in [3.05, 3.63) is 67.6 Å². The third-order valence-electron chi connectivity index (χ3n) is 3.23. The minimum Gasteiger partial charge on any atom is -0.0839 e. The lowest BCUT2D eigenvalue weighted by Crippen LogP contribution is -2.00. The lowest BCUT2D eigenvalue weighted by molar-refractivity contribution is 1.10. The Kier molecular flexibility index (Phi) is 4.75. The van der Waals surface area contributed by atoms with E-state index in [0.29, 0.717) is 0 Å². The molecule has 1 atom stereocenters. The minimum atomic E-state index is 0.119. The number of aryl methyl sites for hydroxylation is 3. The maximum Gasteiger partial charge on any atom is 0.0664 e. The normalized spacial score (nSPS) is 12.5. The number of hydrogen-bond donors (Lipinski definition) is 0. The number of hydrogen-bond acceptors (Lipinski definition) is 0. The predicted molar refractivity (Wildman–Crippen MR) is 90.6 cm³/mol. The largest absolute Gasteiger partial charge is 0.0839 e. The number of halogens is 3. The van der Waals surface area contributed by atoms with E-state index in [9.17, 15) is 0 Å². The molecule has 0 heterocycles. The van der Waals surface area contributed by atoms with E-state index in [0.717, 1.165) is 15.1 Å². The predicted octanol–water partition coefficient (Wildman–Crippen LogP) is 6.51. The van der Waals surface area contributed by atoms with Crippen LogP contribution in [0, 0.1) is 20.8 Å². The molecule has 0 aliphatic heterocycles. The van der Waals surface area contributed by atoms with E-state index in [1.807, 2.05) is 12.1 Å². The van der Waals surface area contributed by atoms with Crippen LogP contribution in [0.3, 0.4) is 0 Å². The fraction of sp³-hybridized carbons (Fsp3) is 0.250. The van der Waals surface area contributed by atoms with Crippen LogP contribution in [0.5, 0.6) is 0 Å². The SMILES string of the molecule is Cc1cc(C)c(C(Br)c2ccc(Br)cc2Cl)c(C)c1. The smallest absolute Gasteiger partial charge is 0.0664 e. The number of alkyl halides is 1. The van der Waals surface area contributed by atoms with E-state index >= 15 is 0 Å². The molecule has 0 aromatic heterocycles. The van der Waals surface area contributed by atoms with Crippen molar-refractivity contribution in [1.29, 1.82) is 0 Å². The quantitative estimate of drug-likeness (QED) is 0.502.